The summed E-state index contributed by atoms with van der Waals surface area (Å²) in [5, 5.41) is 11.0. The van der Waals surface area contributed by atoms with E-state index in [-0.39, 0.29) is 36.0 Å². The molecule has 25 heavy (non-hydrogen) atoms. The van der Waals surface area contributed by atoms with E-state index >= 15 is 0 Å². The molecular formula is C17H16FN3O4. The molecule has 1 atom stereocenters. The second-order valence-electron chi connectivity index (χ2n) is 5.66. The monoisotopic (exact) mass is 345 g/mol. The molecule has 0 aliphatic carbocycles. The fourth-order valence-electron chi connectivity index (χ4n) is 2.78. The molecule has 0 bridgehead atoms. The van der Waals surface area contributed by atoms with Crippen molar-refractivity contribution in [3.63, 3.8) is 0 Å². The largest absolute Gasteiger partial charge is 0.393 e. The zero-order valence-corrected chi connectivity index (χ0v) is 13.2. The van der Waals surface area contributed by atoms with Gasteiger partial charge in [-0.1, -0.05) is 18.2 Å². The molecule has 3 rings (SSSR count). The summed E-state index contributed by atoms with van der Waals surface area (Å²) < 4.78 is 19.5. The first kappa shape index (κ1) is 16.8. The van der Waals surface area contributed by atoms with Gasteiger partial charge in [0.05, 0.1) is 18.1 Å². The first-order valence-electron chi connectivity index (χ1n) is 7.66. The van der Waals surface area contributed by atoms with Crippen molar-refractivity contribution in [3.05, 3.63) is 69.5 Å². The van der Waals surface area contributed by atoms with Crippen LogP contribution < -0.4 is 5.73 Å². The second kappa shape index (κ2) is 6.86. The molecule has 1 aliphatic rings. The fourth-order valence-corrected chi connectivity index (χ4v) is 2.78. The number of nitro groups is 1. The van der Waals surface area contributed by atoms with Gasteiger partial charge in [0, 0.05) is 23.7 Å². The van der Waals surface area contributed by atoms with Crippen LogP contribution in [-0.4, -0.2) is 35.4 Å². The second-order valence-corrected chi connectivity index (χ2v) is 5.66. The zero-order valence-electron chi connectivity index (χ0n) is 13.2. The van der Waals surface area contributed by atoms with Gasteiger partial charge in [-0.05, 0) is 18.2 Å². The maximum Gasteiger partial charge on any atom is 0.292 e. The molecule has 1 heterocycles. The molecule has 0 saturated carbocycles. The van der Waals surface area contributed by atoms with E-state index in [0.29, 0.717) is 12.1 Å². The average Bonchev–Trinajstić information content (AvgIpc) is 2.62. The van der Waals surface area contributed by atoms with Crippen molar-refractivity contribution < 1.29 is 18.8 Å². The van der Waals surface area contributed by atoms with Gasteiger partial charge >= 0.3 is 0 Å². The molecule has 2 aromatic carbocycles. The molecule has 8 heteroatoms. The zero-order chi connectivity index (χ0) is 18.0. The van der Waals surface area contributed by atoms with Crippen LogP contribution in [0.3, 0.4) is 0 Å². The third kappa shape index (κ3) is 3.43. The van der Waals surface area contributed by atoms with Crippen LogP contribution in [0.2, 0.25) is 0 Å². The highest BCUT2D eigenvalue weighted by Crippen LogP contribution is 2.27. The predicted molar refractivity (Wildman–Crippen MR) is 88.5 cm³/mol. The first-order chi connectivity index (χ1) is 12.0. The quantitative estimate of drug-likeness (QED) is 0.523. The number of halogens is 1. The summed E-state index contributed by atoms with van der Waals surface area (Å²) >= 11 is 0. The number of benzene rings is 2. The van der Waals surface area contributed by atoms with Crippen LogP contribution in [-0.2, 0) is 4.74 Å². The van der Waals surface area contributed by atoms with Crippen molar-refractivity contribution >= 4 is 17.3 Å². The summed E-state index contributed by atoms with van der Waals surface area (Å²) in [6, 6.07) is 10.2. The van der Waals surface area contributed by atoms with E-state index in [0.717, 1.165) is 6.07 Å². The Morgan fingerprint density at radius 3 is 2.80 bits per heavy atom. The van der Waals surface area contributed by atoms with Crippen LogP contribution in [0.15, 0.2) is 42.5 Å². The van der Waals surface area contributed by atoms with Crippen molar-refractivity contribution in [1.29, 1.82) is 0 Å². The number of nitrogens with zero attached hydrogens (tertiary/aromatic N) is 2. The van der Waals surface area contributed by atoms with Gasteiger partial charge in [0.2, 0.25) is 0 Å². The number of nitro benzene ring substituents is 1. The standard InChI is InChI=1S/C17H16FN3O4/c18-13-4-2-1-3-12(13)16-10-20(7-8-25-16)17(22)11-5-6-14(19)15(9-11)21(23)24/h1-6,9,16H,7-8,10,19H2/t16-/m0/s1. The topological polar surface area (TPSA) is 98.7 Å². The molecule has 1 saturated heterocycles. The molecule has 1 aliphatic heterocycles. The average molecular weight is 345 g/mol. The molecule has 0 spiro atoms. The van der Waals surface area contributed by atoms with E-state index in [1.54, 1.807) is 18.2 Å². The number of morpholine rings is 1. The van der Waals surface area contributed by atoms with Crippen LogP contribution >= 0.6 is 0 Å². The molecular weight excluding hydrogens is 329 g/mol. The van der Waals surface area contributed by atoms with Crippen molar-refractivity contribution in [2.75, 3.05) is 25.4 Å². The molecule has 2 N–H and O–H groups in total. The van der Waals surface area contributed by atoms with Gasteiger partial charge in [-0.25, -0.2) is 4.39 Å². The molecule has 0 radical (unpaired) electrons. The number of hydrogen-bond donors (Lipinski definition) is 1. The number of nitrogen functional groups attached to an aromatic ring is 1. The smallest absolute Gasteiger partial charge is 0.292 e. The lowest BCUT2D eigenvalue weighted by molar-refractivity contribution is -0.383. The van der Waals surface area contributed by atoms with Crippen LogP contribution in [0.25, 0.3) is 0 Å². The Labute approximate surface area is 143 Å². The summed E-state index contributed by atoms with van der Waals surface area (Å²) in [5.74, 6) is -0.780. The number of rotatable bonds is 3. The molecule has 1 amide bonds. The highest BCUT2D eigenvalue weighted by atomic mass is 19.1. The van der Waals surface area contributed by atoms with Gasteiger partial charge in [0.1, 0.15) is 17.6 Å². The van der Waals surface area contributed by atoms with Crippen molar-refractivity contribution in [2.45, 2.75) is 6.10 Å². The number of amides is 1. The van der Waals surface area contributed by atoms with E-state index in [9.17, 15) is 19.3 Å². The Kier molecular flexibility index (Phi) is 4.62. The van der Waals surface area contributed by atoms with Gasteiger partial charge in [0.25, 0.3) is 11.6 Å². The van der Waals surface area contributed by atoms with Gasteiger partial charge in [-0.2, -0.15) is 0 Å². The van der Waals surface area contributed by atoms with Gasteiger partial charge in [-0.15, -0.1) is 0 Å². The van der Waals surface area contributed by atoms with Crippen molar-refractivity contribution in [2.24, 2.45) is 0 Å². The highest BCUT2D eigenvalue weighted by molar-refractivity contribution is 5.95. The van der Waals surface area contributed by atoms with Gasteiger partial charge in [-0.3, -0.25) is 14.9 Å². The Balaban J connectivity index is 1.82. The normalized spacial score (nSPS) is 17.3. The van der Waals surface area contributed by atoms with Crippen molar-refractivity contribution in [1.82, 2.24) is 4.90 Å². The summed E-state index contributed by atoms with van der Waals surface area (Å²) in [5.41, 5.74) is 5.77. The molecule has 1 fully saturated rings. The Morgan fingerprint density at radius 1 is 1.32 bits per heavy atom. The number of carbonyl (C=O) groups excluding carboxylic acids is 1. The van der Waals surface area contributed by atoms with E-state index < -0.39 is 16.8 Å². The Hall–Kier alpha value is -3.00. The van der Waals surface area contributed by atoms with Crippen LogP contribution in [0.4, 0.5) is 15.8 Å². The van der Waals surface area contributed by atoms with E-state index in [1.807, 2.05) is 0 Å². The molecule has 7 nitrogen and oxygen atoms in total. The number of hydrogen-bond acceptors (Lipinski definition) is 5. The summed E-state index contributed by atoms with van der Waals surface area (Å²) in [7, 11) is 0. The van der Waals surface area contributed by atoms with E-state index in [1.165, 1.54) is 23.1 Å². The van der Waals surface area contributed by atoms with Crippen LogP contribution in [0.1, 0.15) is 22.0 Å². The summed E-state index contributed by atoms with van der Waals surface area (Å²) in [6.45, 7) is 0.738. The maximum absolute atomic E-state index is 13.9. The number of ether oxygens (including phenoxy) is 1. The van der Waals surface area contributed by atoms with Crippen molar-refractivity contribution in [3.8, 4) is 0 Å². The molecule has 130 valence electrons. The first-order valence-corrected chi connectivity index (χ1v) is 7.66. The van der Waals surface area contributed by atoms with Crippen LogP contribution in [0, 0.1) is 15.9 Å². The van der Waals surface area contributed by atoms with Gasteiger partial charge < -0.3 is 15.4 Å². The lowest BCUT2D eigenvalue weighted by Gasteiger charge is -2.33. The highest BCUT2D eigenvalue weighted by Gasteiger charge is 2.28. The minimum absolute atomic E-state index is 0.00670. The maximum atomic E-state index is 13.9. The van der Waals surface area contributed by atoms with Crippen LogP contribution in [0.5, 0.6) is 0 Å². The molecule has 0 aromatic heterocycles. The summed E-state index contributed by atoms with van der Waals surface area (Å²) in [4.78, 5) is 24.5. The molecule has 2 aromatic rings. The molecule has 0 unspecified atom stereocenters. The number of nitrogens with two attached hydrogens (primary N) is 1. The Morgan fingerprint density at radius 2 is 2.08 bits per heavy atom. The minimum atomic E-state index is -0.631. The van der Waals surface area contributed by atoms with E-state index in [2.05, 4.69) is 0 Å². The third-order valence-electron chi connectivity index (χ3n) is 4.08. The van der Waals surface area contributed by atoms with Gasteiger partial charge in [0.15, 0.2) is 0 Å². The lowest BCUT2D eigenvalue weighted by Crippen LogP contribution is -2.42. The third-order valence-corrected chi connectivity index (χ3v) is 4.08. The minimum Gasteiger partial charge on any atom is -0.393 e. The summed E-state index contributed by atoms with van der Waals surface area (Å²) in [6.07, 6.45) is -0.581. The lowest BCUT2D eigenvalue weighted by atomic mass is 10.1. The number of carbonyl (C=O) groups is 1. The Bertz CT molecular complexity index is 827. The van der Waals surface area contributed by atoms with E-state index in [4.69, 9.17) is 10.5 Å². The fraction of sp³-hybridized carbons (Fsp3) is 0.235. The SMILES string of the molecule is Nc1ccc(C(=O)N2CCO[C@H](c3ccccc3F)C2)cc1[N+](=O)[O-]. The number of anilines is 1. The predicted octanol–water partition coefficient (Wildman–Crippen LogP) is 2.53.